The summed E-state index contributed by atoms with van der Waals surface area (Å²) in [5, 5.41) is 6.80. The fourth-order valence-corrected chi connectivity index (χ4v) is 2.79. The van der Waals surface area contributed by atoms with Crippen LogP contribution in [-0.2, 0) is 10.9 Å². The third-order valence-corrected chi connectivity index (χ3v) is 3.95. The fraction of sp³-hybridized carbons (Fsp3) is 0.400. The lowest BCUT2D eigenvalue weighted by molar-refractivity contribution is -0.145. The van der Waals surface area contributed by atoms with E-state index in [0.717, 1.165) is 16.5 Å². The average Bonchev–Trinajstić information content (AvgIpc) is 3.02. The smallest absolute Gasteiger partial charge is 0.452 e. The van der Waals surface area contributed by atoms with Crippen LogP contribution in [0.2, 0.25) is 0 Å². The van der Waals surface area contributed by atoms with E-state index in [2.05, 4.69) is 15.2 Å². The van der Waals surface area contributed by atoms with E-state index in [9.17, 15) is 17.6 Å². The van der Waals surface area contributed by atoms with Crippen molar-refractivity contribution in [1.82, 2.24) is 19.6 Å². The quantitative estimate of drug-likeness (QED) is 0.661. The van der Waals surface area contributed by atoms with Crippen molar-refractivity contribution >= 4 is 16.7 Å². The minimum atomic E-state index is -4.75. The van der Waals surface area contributed by atoms with Crippen LogP contribution in [0.3, 0.4) is 0 Å². The Balaban J connectivity index is 1.93. The van der Waals surface area contributed by atoms with Crippen molar-refractivity contribution in [3.63, 3.8) is 0 Å². The van der Waals surface area contributed by atoms with Crippen molar-refractivity contribution in [2.24, 2.45) is 0 Å². The Morgan fingerprint density at radius 3 is 2.64 bits per heavy atom. The van der Waals surface area contributed by atoms with E-state index in [1.165, 1.54) is 6.07 Å². The molecule has 0 amide bonds. The van der Waals surface area contributed by atoms with Crippen LogP contribution >= 0.6 is 0 Å². The third-order valence-electron chi connectivity index (χ3n) is 3.95. The van der Waals surface area contributed by atoms with Crippen molar-refractivity contribution in [3.8, 4) is 5.88 Å². The zero-order chi connectivity index (χ0) is 17.6. The second kappa shape index (κ2) is 5.80. The first-order chi connectivity index (χ1) is 11.9. The molecule has 25 heavy (non-hydrogen) atoms. The van der Waals surface area contributed by atoms with Gasteiger partial charge in [-0.25, -0.2) is 9.37 Å². The number of halogens is 4. The zero-order valence-electron chi connectivity index (χ0n) is 12.8. The number of nitrogens with zero attached hydrogens (tertiary/aromatic N) is 4. The van der Waals surface area contributed by atoms with E-state index in [-0.39, 0.29) is 28.7 Å². The summed E-state index contributed by atoms with van der Waals surface area (Å²) in [7, 11) is 0. The predicted octanol–water partition coefficient (Wildman–Crippen LogP) is 2.99. The summed E-state index contributed by atoms with van der Waals surface area (Å²) >= 11 is 0. The summed E-state index contributed by atoms with van der Waals surface area (Å²) < 4.78 is 65.1. The van der Waals surface area contributed by atoms with Crippen LogP contribution in [-0.4, -0.2) is 38.9 Å². The van der Waals surface area contributed by atoms with Gasteiger partial charge in [0.15, 0.2) is 0 Å². The van der Waals surface area contributed by atoms with Crippen molar-refractivity contribution < 1.29 is 27.0 Å². The number of fused-ring (bicyclic) bond motifs is 3. The lowest BCUT2D eigenvalue weighted by Gasteiger charge is -2.23. The first kappa shape index (κ1) is 16.0. The van der Waals surface area contributed by atoms with E-state index in [0.29, 0.717) is 26.1 Å². The van der Waals surface area contributed by atoms with Gasteiger partial charge in [-0.2, -0.15) is 13.2 Å². The molecule has 132 valence electrons. The number of rotatable bonds is 2. The molecule has 0 unspecified atom stereocenters. The molecular weight excluding hydrogens is 344 g/mol. The van der Waals surface area contributed by atoms with Gasteiger partial charge >= 0.3 is 6.18 Å². The number of aromatic nitrogens is 4. The minimum Gasteiger partial charge on any atom is -0.471 e. The molecular formula is C15H12F4N4O2. The molecule has 10 heteroatoms. The molecule has 3 aromatic rings. The van der Waals surface area contributed by atoms with E-state index in [4.69, 9.17) is 9.47 Å². The van der Waals surface area contributed by atoms with Crippen LogP contribution in [0.5, 0.6) is 5.88 Å². The molecule has 2 aromatic heterocycles. The zero-order valence-corrected chi connectivity index (χ0v) is 12.8. The maximum Gasteiger partial charge on any atom is 0.452 e. The Hall–Kier alpha value is -2.49. The van der Waals surface area contributed by atoms with Gasteiger partial charge in [-0.1, -0.05) is 0 Å². The van der Waals surface area contributed by atoms with E-state index in [1.54, 1.807) is 0 Å². The molecule has 0 spiro atoms. The number of alkyl halides is 3. The lowest BCUT2D eigenvalue weighted by Crippen LogP contribution is -2.26. The highest BCUT2D eigenvalue weighted by Crippen LogP contribution is 2.33. The fourth-order valence-electron chi connectivity index (χ4n) is 2.79. The molecule has 3 heterocycles. The summed E-state index contributed by atoms with van der Waals surface area (Å²) in [6, 6.07) is 3.38. The summed E-state index contributed by atoms with van der Waals surface area (Å²) in [5.74, 6) is -2.00. The highest BCUT2D eigenvalue weighted by Gasteiger charge is 2.38. The van der Waals surface area contributed by atoms with E-state index in [1.807, 2.05) is 0 Å². The van der Waals surface area contributed by atoms with Gasteiger partial charge in [0, 0.05) is 18.9 Å². The second-order valence-electron chi connectivity index (χ2n) is 5.66. The van der Waals surface area contributed by atoms with Crippen LogP contribution in [0.4, 0.5) is 17.6 Å². The van der Waals surface area contributed by atoms with Gasteiger partial charge < -0.3 is 9.47 Å². The molecule has 1 fully saturated rings. The molecule has 0 N–H and O–H groups in total. The molecule has 0 bridgehead atoms. The van der Waals surface area contributed by atoms with Crippen LogP contribution < -0.4 is 4.74 Å². The Morgan fingerprint density at radius 1 is 1.16 bits per heavy atom. The highest BCUT2D eigenvalue weighted by atomic mass is 19.4. The second-order valence-corrected chi connectivity index (χ2v) is 5.66. The molecule has 0 saturated carbocycles. The standard InChI is InChI=1S/C15H12F4N4O2/c16-8-1-2-10-11(7-8)23-12(21-22-14(23)15(17,18)19)13(20-10)25-9-3-5-24-6-4-9/h1-2,7,9H,3-6H2. The molecule has 0 aliphatic carbocycles. The van der Waals surface area contributed by atoms with Gasteiger partial charge in [0.1, 0.15) is 11.9 Å². The van der Waals surface area contributed by atoms with Gasteiger partial charge in [0.2, 0.25) is 11.5 Å². The number of hydrogen-bond acceptors (Lipinski definition) is 5. The topological polar surface area (TPSA) is 61.5 Å². The van der Waals surface area contributed by atoms with Crippen LogP contribution in [0, 0.1) is 5.82 Å². The van der Waals surface area contributed by atoms with Gasteiger partial charge in [0.25, 0.3) is 5.88 Å². The largest absolute Gasteiger partial charge is 0.471 e. The first-order valence-electron chi connectivity index (χ1n) is 7.59. The van der Waals surface area contributed by atoms with Crippen LogP contribution in [0.15, 0.2) is 18.2 Å². The normalized spacial score (nSPS) is 16.6. The summed E-state index contributed by atoms with van der Waals surface area (Å²) in [5.41, 5.74) is -0.121. The van der Waals surface area contributed by atoms with Crippen molar-refractivity contribution in [3.05, 3.63) is 29.8 Å². The Kier molecular flexibility index (Phi) is 3.71. The number of hydrogen-bond donors (Lipinski definition) is 0. The lowest BCUT2D eigenvalue weighted by atomic mass is 10.1. The molecule has 0 atom stereocenters. The van der Waals surface area contributed by atoms with Gasteiger partial charge in [-0.05, 0) is 12.1 Å². The number of benzene rings is 1. The minimum absolute atomic E-state index is 0.0611. The molecule has 4 rings (SSSR count). The molecule has 1 aliphatic heterocycles. The maximum atomic E-state index is 13.6. The molecule has 6 nitrogen and oxygen atoms in total. The van der Waals surface area contributed by atoms with Gasteiger partial charge in [0.05, 0.1) is 24.2 Å². The summed E-state index contributed by atoms with van der Waals surface area (Å²) in [6.45, 7) is 1.00. The van der Waals surface area contributed by atoms with Crippen molar-refractivity contribution in [2.45, 2.75) is 25.1 Å². The van der Waals surface area contributed by atoms with E-state index < -0.39 is 17.8 Å². The summed E-state index contributed by atoms with van der Waals surface area (Å²) in [4.78, 5) is 4.21. The van der Waals surface area contributed by atoms with E-state index >= 15 is 0 Å². The summed E-state index contributed by atoms with van der Waals surface area (Å²) in [6.07, 6.45) is -3.81. The van der Waals surface area contributed by atoms with Crippen LogP contribution in [0.1, 0.15) is 18.7 Å². The van der Waals surface area contributed by atoms with Crippen molar-refractivity contribution in [2.75, 3.05) is 13.2 Å². The van der Waals surface area contributed by atoms with Gasteiger partial charge in [-0.15, -0.1) is 10.2 Å². The Labute approximate surface area is 138 Å². The predicted molar refractivity (Wildman–Crippen MR) is 77.7 cm³/mol. The van der Waals surface area contributed by atoms with Crippen LogP contribution in [0.25, 0.3) is 16.7 Å². The van der Waals surface area contributed by atoms with Gasteiger partial charge in [-0.3, -0.25) is 4.40 Å². The monoisotopic (exact) mass is 356 g/mol. The highest BCUT2D eigenvalue weighted by molar-refractivity contribution is 5.80. The molecule has 1 aliphatic rings. The SMILES string of the molecule is Fc1ccc2nc(OC3CCOCC3)c3nnc(C(F)(F)F)n3c2c1. The van der Waals surface area contributed by atoms with Crippen molar-refractivity contribution in [1.29, 1.82) is 0 Å². The third kappa shape index (κ3) is 2.86. The Bertz CT molecular complexity index is 935. The first-order valence-corrected chi connectivity index (χ1v) is 7.59. The maximum absolute atomic E-state index is 13.6. The molecule has 1 aromatic carbocycles. The average molecular weight is 356 g/mol. The molecule has 1 saturated heterocycles. The Morgan fingerprint density at radius 2 is 1.92 bits per heavy atom. The molecule has 0 radical (unpaired) electrons. The number of ether oxygens (including phenoxy) is 2.